The number of benzene rings is 1. The summed E-state index contributed by atoms with van der Waals surface area (Å²) >= 11 is 0. The van der Waals surface area contributed by atoms with E-state index in [1.54, 1.807) is 0 Å². The minimum atomic E-state index is -1.54. The Kier molecular flexibility index (Phi) is 4.90. The van der Waals surface area contributed by atoms with Gasteiger partial charge >= 0.3 is 5.97 Å². The summed E-state index contributed by atoms with van der Waals surface area (Å²) in [6.07, 6.45) is 1.58. The Bertz CT molecular complexity index is 929. The summed E-state index contributed by atoms with van der Waals surface area (Å²) in [7, 11) is 0. The van der Waals surface area contributed by atoms with Crippen LogP contribution in [0.2, 0.25) is 0 Å². The van der Waals surface area contributed by atoms with Gasteiger partial charge in [0.25, 0.3) is 0 Å². The van der Waals surface area contributed by atoms with Gasteiger partial charge in [-0.25, -0.2) is 18.0 Å². The van der Waals surface area contributed by atoms with Crippen LogP contribution in [0.5, 0.6) is 0 Å². The van der Waals surface area contributed by atoms with E-state index < -0.39 is 40.7 Å². The highest BCUT2D eigenvalue weighted by molar-refractivity contribution is 5.93. The number of rotatable bonds is 5. The molecular formula is C17H18F3N3O3. The highest BCUT2D eigenvalue weighted by Gasteiger charge is 2.29. The smallest absolute Gasteiger partial charge is 0.341 e. The van der Waals surface area contributed by atoms with Crippen LogP contribution in [0.3, 0.4) is 0 Å². The summed E-state index contributed by atoms with van der Waals surface area (Å²) in [4.78, 5) is 25.0. The lowest BCUT2D eigenvalue weighted by Crippen LogP contribution is -2.26. The first kappa shape index (κ1) is 18.2. The highest BCUT2D eigenvalue weighted by Crippen LogP contribution is 2.33. The van der Waals surface area contributed by atoms with Crippen molar-refractivity contribution in [3.63, 3.8) is 0 Å². The summed E-state index contributed by atoms with van der Waals surface area (Å²) < 4.78 is 43.7. The Morgan fingerprint density at radius 2 is 2.12 bits per heavy atom. The van der Waals surface area contributed by atoms with E-state index in [2.05, 4.69) is 0 Å². The number of hydrogen-bond donors (Lipinski definition) is 2. The Hall–Kier alpha value is -2.55. The van der Waals surface area contributed by atoms with Gasteiger partial charge in [-0.1, -0.05) is 0 Å². The number of nitrogens with zero attached hydrogens (tertiary/aromatic N) is 2. The fourth-order valence-electron chi connectivity index (χ4n) is 3.41. The average molecular weight is 369 g/mol. The molecule has 9 heteroatoms. The first-order valence-corrected chi connectivity index (χ1v) is 8.18. The quantitative estimate of drug-likeness (QED) is 0.838. The van der Waals surface area contributed by atoms with Crippen LogP contribution in [-0.4, -0.2) is 42.0 Å². The number of alkyl halides is 1. The zero-order valence-electron chi connectivity index (χ0n) is 13.8. The lowest BCUT2D eigenvalue weighted by Gasteiger charge is -2.22. The standard InChI is InChI=1S/C17H18F3N3O3/c18-2-4-23-8-11(17(25)26)16(24)10-5-12(19)15(13(20)14(10)23)22-3-1-9(6-21)7-22/h5,8-9H,1-4,6-7,21H2,(H,25,26). The van der Waals surface area contributed by atoms with Crippen LogP contribution < -0.4 is 16.1 Å². The van der Waals surface area contributed by atoms with Crippen molar-refractivity contribution in [1.29, 1.82) is 0 Å². The van der Waals surface area contributed by atoms with Crippen LogP contribution in [0, 0.1) is 17.6 Å². The number of aromatic nitrogens is 1. The second kappa shape index (κ2) is 6.99. The third-order valence-corrected chi connectivity index (χ3v) is 4.72. The van der Waals surface area contributed by atoms with Gasteiger partial charge in [0.2, 0.25) is 5.43 Å². The first-order valence-electron chi connectivity index (χ1n) is 8.18. The van der Waals surface area contributed by atoms with Crippen LogP contribution in [0.15, 0.2) is 17.1 Å². The molecule has 1 aromatic carbocycles. The molecule has 3 rings (SSSR count). The van der Waals surface area contributed by atoms with E-state index in [1.807, 2.05) is 0 Å². The fourth-order valence-corrected chi connectivity index (χ4v) is 3.41. The second-order valence-corrected chi connectivity index (χ2v) is 6.31. The Morgan fingerprint density at radius 1 is 1.38 bits per heavy atom. The number of nitrogens with two attached hydrogens (primary N) is 1. The molecule has 0 amide bonds. The zero-order valence-corrected chi connectivity index (χ0v) is 13.8. The van der Waals surface area contributed by atoms with Gasteiger partial charge in [0.05, 0.1) is 17.4 Å². The van der Waals surface area contributed by atoms with Crippen molar-refractivity contribution >= 4 is 22.6 Å². The van der Waals surface area contributed by atoms with E-state index in [0.29, 0.717) is 26.1 Å². The van der Waals surface area contributed by atoms with Gasteiger partial charge in [-0.3, -0.25) is 4.79 Å². The van der Waals surface area contributed by atoms with Crippen molar-refractivity contribution < 1.29 is 23.1 Å². The number of pyridine rings is 1. The monoisotopic (exact) mass is 369 g/mol. The maximum atomic E-state index is 15.2. The summed E-state index contributed by atoms with van der Waals surface area (Å²) in [5.74, 6) is -3.40. The van der Waals surface area contributed by atoms with Gasteiger partial charge in [-0.2, -0.15) is 0 Å². The Balaban J connectivity index is 2.28. The molecule has 1 unspecified atom stereocenters. The molecule has 0 radical (unpaired) electrons. The predicted octanol–water partition coefficient (Wildman–Crippen LogP) is 1.73. The molecule has 1 aliphatic heterocycles. The van der Waals surface area contributed by atoms with Gasteiger partial charge in [0, 0.05) is 19.3 Å². The van der Waals surface area contributed by atoms with Crippen molar-refractivity contribution in [2.45, 2.75) is 13.0 Å². The molecule has 0 saturated carbocycles. The van der Waals surface area contributed by atoms with Crippen molar-refractivity contribution in [2.24, 2.45) is 11.7 Å². The maximum absolute atomic E-state index is 15.2. The number of anilines is 1. The number of aryl methyl sites for hydroxylation is 1. The zero-order chi connectivity index (χ0) is 19.0. The molecule has 1 saturated heterocycles. The van der Waals surface area contributed by atoms with Gasteiger partial charge < -0.3 is 20.3 Å². The summed E-state index contributed by atoms with van der Waals surface area (Å²) in [6, 6.07) is 0.826. The number of hydrogen-bond acceptors (Lipinski definition) is 4. The van der Waals surface area contributed by atoms with Gasteiger partial charge in [-0.05, 0) is 24.9 Å². The molecule has 1 fully saturated rings. The van der Waals surface area contributed by atoms with E-state index in [-0.39, 0.29) is 23.7 Å². The molecule has 0 spiro atoms. The van der Waals surface area contributed by atoms with Crippen LogP contribution in [0.4, 0.5) is 18.9 Å². The molecule has 0 bridgehead atoms. The van der Waals surface area contributed by atoms with Crippen LogP contribution >= 0.6 is 0 Å². The molecule has 2 heterocycles. The molecule has 0 aliphatic carbocycles. The molecule has 6 nitrogen and oxygen atoms in total. The predicted molar refractivity (Wildman–Crippen MR) is 90.4 cm³/mol. The third-order valence-electron chi connectivity index (χ3n) is 4.72. The largest absolute Gasteiger partial charge is 0.477 e. The van der Waals surface area contributed by atoms with E-state index in [1.165, 1.54) is 4.90 Å². The number of halogens is 3. The molecule has 2 aromatic rings. The minimum Gasteiger partial charge on any atom is -0.477 e. The third kappa shape index (κ3) is 2.92. The molecule has 26 heavy (non-hydrogen) atoms. The SMILES string of the molecule is NCC1CCN(c2c(F)cc3c(=O)c(C(=O)O)cn(CCF)c3c2F)C1. The molecule has 140 valence electrons. The minimum absolute atomic E-state index is 0.104. The number of aromatic carboxylic acids is 1. The summed E-state index contributed by atoms with van der Waals surface area (Å²) in [5.41, 5.74) is 3.34. The Morgan fingerprint density at radius 3 is 2.69 bits per heavy atom. The van der Waals surface area contributed by atoms with E-state index in [4.69, 9.17) is 10.8 Å². The van der Waals surface area contributed by atoms with Gasteiger partial charge in [0.1, 0.15) is 23.7 Å². The van der Waals surface area contributed by atoms with Crippen molar-refractivity contribution in [3.05, 3.63) is 39.7 Å². The maximum Gasteiger partial charge on any atom is 0.341 e. The van der Waals surface area contributed by atoms with Crippen molar-refractivity contribution in [3.8, 4) is 0 Å². The molecule has 1 atom stereocenters. The van der Waals surface area contributed by atoms with Crippen molar-refractivity contribution in [1.82, 2.24) is 4.57 Å². The molecule has 1 aliphatic rings. The van der Waals surface area contributed by atoms with Gasteiger partial charge in [-0.15, -0.1) is 0 Å². The van der Waals surface area contributed by atoms with Crippen molar-refractivity contribution in [2.75, 3.05) is 31.2 Å². The lowest BCUT2D eigenvalue weighted by molar-refractivity contribution is 0.0694. The summed E-state index contributed by atoms with van der Waals surface area (Å²) in [6.45, 7) is -0.0906. The Labute approximate surface area is 146 Å². The van der Waals surface area contributed by atoms with E-state index in [9.17, 15) is 18.4 Å². The molecule has 1 aromatic heterocycles. The highest BCUT2D eigenvalue weighted by atomic mass is 19.1. The average Bonchev–Trinajstić information content (AvgIpc) is 3.05. The van der Waals surface area contributed by atoms with E-state index >= 15 is 4.39 Å². The number of carbonyl (C=O) groups is 1. The molecule has 3 N–H and O–H groups in total. The van der Waals surface area contributed by atoms with Crippen LogP contribution in [0.1, 0.15) is 16.8 Å². The normalized spacial score (nSPS) is 17.2. The topological polar surface area (TPSA) is 88.6 Å². The van der Waals surface area contributed by atoms with Crippen LogP contribution in [-0.2, 0) is 6.54 Å². The molecular weight excluding hydrogens is 351 g/mol. The summed E-state index contributed by atoms with van der Waals surface area (Å²) in [5, 5.41) is 8.70. The first-order chi connectivity index (χ1) is 12.4. The van der Waals surface area contributed by atoms with E-state index in [0.717, 1.165) is 16.8 Å². The van der Waals surface area contributed by atoms with Gasteiger partial charge in [0.15, 0.2) is 5.82 Å². The fraction of sp³-hybridized carbons (Fsp3) is 0.412. The lowest BCUT2D eigenvalue weighted by atomic mass is 10.1. The van der Waals surface area contributed by atoms with Crippen LogP contribution in [0.25, 0.3) is 10.9 Å². The number of fused-ring (bicyclic) bond motifs is 1. The second-order valence-electron chi connectivity index (χ2n) is 6.31. The number of carboxylic acids is 1. The number of carboxylic acid groups (broad SMARTS) is 1.